The lowest BCUT2D eigenvalue weighted by atomic mass is 10.1. The third-order valence-electron chi connectivity index (χ3n) is 3.21. The fourth-order valence-electron chi connectivity index (χ4n) is 2.22. The number of nitrogens with two attached hydrogens (primary N) is 1. The van der Waals surface area contributed by atoms with Crippen molar-refractivity contribution in [2.75, 3.05) is 26.2 Å². The van der Waals surface area contributed by atoms with Crippen molar-refractivity contribution in [3.05, 3.63) is 21.3 Å². The van der Waals surface area contributed by atoms with Crippen LogP contribution in [-0.2, 0) is 4.74 Å². The molecule has 3 nitrogen and oxygen atoms in total. The van der Waals surface area contributed by atoms with Crippen molar-refractivity contribution >= 4 is 22.9 Å². The fourth-order valence-corrected chi connectivity index (χ4v) is 3.45. The van der Waals surface area contributed by atoms with Gasteiger partial charge in [-0.25, -0.2) is 0 Å². The second-order valence-electron chi connectivity index (χ2n) is 4.31. The van der Waals surface area contributed by atoms with E-state index in [1.165, 1.54) is 4.88 Å². The van der Waals surface area contributed by atoms with Gasteiger partial charge in [0.05, 0.1) is 23.8 Å². The molecule has 1 aliphatic rings. The summed E-state index contributed by atoms with van der Waals surface area (Å²) in [5, 5.41) is 2.78. The molecule has 96 valence electrons. The van der Waals surface area contributed by atoms with Gasteiger partial charge in [-0.2, -0.15) is 0 Å². The van der Waals surface area contributed by atoms with Gasteiger partial charge in [-0.05, 0) is 12.5 Å². The van der Waals surface area contributed by atoms with Crippen LogP contribution in [0.25, 0.3) is 0 Å². The van der Waals surface area contributed by atoms with Crippen molar-refractivity contribution in [3.8, 4) is 0 Å². The van der Waals surface area contributed by atoms with Gasteiger partial charge in [-0.15, -0.1) is 11.3 Å². The standard InChI is InChI=1S/C12H19ClN2OS/c1-2-10-7-15(3-4-16-10)11(6-14)12-5-9(13)8-17-12/h5,8,10-11H,2-4,6-7,14H2,1H3. The van der Waals surface area contributed by atoms with Gasteiger partial charge >= 0.3 is 0 Å². The number of thiophene rings is 1. The van der Waals surface area contributed by atoms with Crippen molar-refractivity contribution in [1.82, 2.24) is 4.90 Å². The predicted molar refractivity (Wildman–Crippen MR) is 72.7 cm³/mol. The van der Waals surface area contributed by atoms with Gasteiger partial charge in [-0.1, -0.05) is 18.5 Å². The first-order chi connectivity index (χ1) is 8.24. The van der Waals surface area contributed by atoms with E-state index in [1.807, 2.05) is 11.4 Å². The van der Waals surface area contributed by atoms with Gasteiger partial charge < -0.3 is 10.5 Å². The molecule has 17 heavy (non-hydrogen) atoms. The molecular formula is C12H19ClN2OS. The Hall–Kier alpha value is -0.130. The summed E-state index contributed by atoms with van der Waals surface area (Å²) in [6.07, 6.45) is 1.40. The summed E-state index contributed by atoms with van der Waals surface area (Å²) in [7, 11) is 0. The molecule has 0 amide bonds. The minimum atomic E-state index is 0.283. The van der Waals surface area contributed by atoms with Crippen molar-refractivity contribution in [1.29, 1.82) is 0 Å². The molecule has 2 rings (SSSR count). The molecule has 2 heterocycles. The molecule has 0 radical (unpaired) electrons. The zero-order valence-electron chi connectivity index (χ0n) is 10.1. The number of halogens is 1. The Balaban J connectivity index is 2.07. The predicted octanol–water partition coefficient (Wildman–Crippen LogP) is 2.51. The Bertz CT molecular complexity index is 358. The Kier molecular flexibility index (Phi) is 4.82. The van der Waals surface area contributed by atoms with E-state index in [1.54, 1.807) is 11.3 Å². The number of hydrogen-bond acceptors (Lipinski definition) is 4. The molecule has 1 saturated heterocycles. The van der Waals surface area contributed by atoms with E-state index in [0.717, 1.165) is 31.1 Å². The molecule has 0 spiro atoms. The lowest BCUT2D eigenvalue weighted by molar-refractivity contribution is -0.0432. The molecule has 1 aromatic rings. The third kappa shape index (κ3) is 3.20. The molecule has 0 bridgehead atoms. The van der Waals surface area contributed by atoms with Crippen LogP contribution in [0.2, 0.25) is 5.02 Å². The van der Waals surface area contributed by atoms with E-state index >= 15 is 0 Å². The summed E-state index contributed by atoms with van der Waals surface area (Å²) < 4.78 is 5.69. The molecule has 2 N–H and O–H groups in total. The minimum Gasteiger partial charge on any atom is -0.376 e. The van der Waals surface area contributed by atoms with Crippen LogP contribution in [-0.4, -0.2) is 37.2 Å². The molecule has 1 aromatic heterocycles. The van der Waals surface area contributed by atoms with Gasteiger partial charge in [0.15, 0.2) is 0 Å². The summed E-state index contributed by atoms with van der Waals surface area (Å²) in [6, 6.07) is 2.31. The molecule has 1 fully saturated rings. The number of hydrogen-bond donors (Lipinski definition) is 1. The largest absolute Gasteiger partial charge is 0.376 e. The van der Waals surface area contributed by atoms with Gasteiger partial charge in [0, 0.05) is 29.9 Å². The smallest absolute Gasteiger partial charge is 0.0700 e. The second kappa shape index (κ2) is 6.16. The van der Waals surface area contributed by atoms with Crippen LogP contribution in [0.5, 0.6) is 0 Å². The first-order valence-electron chi connectivity index (χ1n) is 6.04. The van der Waals surface area contributed by atoms with E-state index in [-0.39, 0.29) is 6.04 Å². The van der Waals surface area contributed by atoms with Crippen molar-refractivity contribution < 1.29 is 4.74 Å². The summed E-state index contributed by atoms with van der Waals surface area (Å²) in [5.41, 5.74) is 5.91. The lowest BCUT2D eigenvalue weighted by Crippen LogP contribution is -2.45. The Morgan fingerprint density at radius 3 is 3.12 bits per heavy atom. The van der Waals surface area contributed by atoms with Crippen LogP contribution in [0.1, 0.15) is 24.3 Å². The Labute approximate surface area is 112 Å². The second-order valence-corrected chi connectivity index (χ2v) is 5.69. The Morgan fingerprint density at radius 2 is 2.53 bits per heavy atom. The number of nitrogens with zero attached hydrogens (tertiary/aromatic N) is 1. The van der Waals surface area contributed by atoms with Crippen LogP contribution in [0.4, 0.5) is 0 Å². The first-order valence-corrected chi connectivity index (χ1v) is 7.30. The first kappa shape index (κ1) is 13.3. The third-order valence-corrected chi connectivity index (χ3v) is 4.59. The lowest BCUT2D eigenvalue weighted by Gasteiger charge is -2.37. The maximum atomic E-state index is 5.98. The molecule has 5 heteroatoms. The maximum Gasteiger partial charge on any atom is 0.0700 e. The van der Waals surface area contributed by atoms with E-state index in [0.29, 0.717) is 12.6 Å². The van der Waals surface area contributed by atoms with Gasteiger partial charge in [-0.3, -0.25) is 4.90 Å². The summed E-state index contributed by atoms with van der Waals surface area (Å²) in [6.45, 7) is 5.51. The fraction of sp³-hybridized carbons (Fsp3) is 0.667. The zero-order chi connectivity index (χ0) is 12.3. The maximum absolute atomic E-state index is 5.98. The van der Waals surface area contributed by atoms with Crippen LogP contribution in [0.3, 0.4) is 0 Å². The van der Waals surface area contributed by atoms with E-state index < -0.39 is 0 Å². The van der Waals surface area contributed by atoms with Gasteiger partial charge in [0.2, 0.25) is 0 Å². The molecular weight excluding hydrogens is 256 g/mol. The molecule has 0 saturated carbocycles. The molecule has 2 atom stereocenters. The topological polar surface area (TPSA) is 38.5 Å². The van der Waals surface area contributed by atoms with Crippen LogP contribution >= 0.6 is 22.9 Å². The zero-order valence-corrected chi connectivity index (χ0v) is 11.6. The van der Waals surface area contributed by atoms with Gasteiger partial charge in [0.1, 0.15) is 0 Å². The molecule has 0 aliphatic carbocycles. The van der Waals surface area contributed by atoms with E-state index in [2.05, 4.69) is 11.8 Å². The van der Waals surface area contributed by atoms with Crippen molar-refractivity contribution in [3.63, 3.8) is 0 Å². The monoisotopic (exact) mass is 274 g/mol. The molecule has 1 aliphatic heterocycles. The number of rotatable bonds is 4. The van der Waals surface area contributed by atoms with E-state index in [4.69, 9.17) is 22.1 Å². The average molecular weight is 275 g/mol. The van der Waals surface area contributed by atoms with Crippen LogP contribution in [0.15, 0.2) is 11.4 Å². The van der Waals surface area contributed by atoms with Crippen LogP contribution < -0.4 is 5.73 Å². The number of ether oxygens (including phenoxy) is 1. The molecule has 2 unspecified atom stereocenters. The SMILES string of the molecule is CCC1CN(C(CN)c2cc(Cl)cs2)CCO1. The normalized spacial score (nSPS) is 23.8. The Morgan fingerprint density at radius 1 is 1.71 bits per heavy atom. The van der Waals surface area contributed by atoms with E-state index in [9.17, 15) is 0 Å². The van der Waals surface area contributed by atoms with Crippen molar-refractivity contribution in [2.45, 2.75) is 25.5 Å². The quantitative estimate of drug-likeness (QED) is 0.917. The summed E-state index contributed by atoms with van der Waals surface area (Å²) in [5.74, 6) is 0. The van der Waals surface area contributed by atoms with Gasteiger partial charge in [0.25, 0.3) is 0 Å². The minimum absolute atomic E-state index is 0.283. The highest BCUT2D eigenvalue weighted by atomic mass is 35.5. The highest BCUT2D eigenvalue weighted by Gasteiger charge is 2.26. The number of morpholine rings is 1. The highest BCUT2D eigenvalue weighted by molar-refractivity contribution is 7.10. The average Bonchev–Trinajstić information content (AvgIpc) is 2.77. The molecule has 0 aromatic carbocycles. The summed E-state index contributed by atoms with van der Waals surface area (Å²) in [4.78, 5) is 3.68. The van der Waals surface area contributed by atoms with Crippen molar-refractivity contribution in [2.24, 2.45) is 5.73 Å². The summed E-state index contributed by atoms with van der Waals surface area (Å²) >= 11 is 7.67. The highest BCUT2D eigenvalue weighted by Crippen LogP contribution is 2.30. The van der Waals surface area contributed by atoms with Crippen LogP contribution in [0, 0.1) is 0 Å².